The van der Waals surface area contributed by atoms with Crippen molar-refractivity contribution in [3.05, 3.63) is 12.3 Å². The molecule has 0 bridgehead atoms. The van der Waals surface area contributed by atoms with Gasteiger partial charge in [0.15, 0.2) is 0 Å². The summed E-state index contributed by atoms with van der Waals surface area (Å²) in [5, 5.41) is 20.9. The quantitative estimate of drug-likeness (QED) is 0.206. The fourth-order valence-corrected chi connectivity index (χ4v) is 7.90. The molecule has 0 aromatic heterocycles. The maximum absolute atomic E-state index is 14.4. The number of imide groups is 3. The van der Waals surface area contributed by atoms with E-state index in [0.29, 0.717) is 4.90 Å². The van der Waals surface area contributed by atoms with E-state index < -0.39 is 131 Å². The predicted octanol–water partition coefficient (Wildman–Crippen LogP) is 1.54. The summed E-state index contributed by atoms with van der Waals surface area (Å²) in [6.07, 6.45) is -0.261. The first-order valence-electron chi connectivity index (χ1n) is 24.0. The van der Waals surface area contributed by atoms with Crippen LogP contribution in [-0.2, 0) is 38.4 Å². The molecule has 0 spiro atoms. The molecule has 0 aromatic rings. The summed E-state index contributed by atoms with van der Waals surface area (Å²) < 4.78 is 0. The van der Waals surface area contributed by atoms with Crippen molar-refractivity contribution in [1.82, 2.24) is 55.6 Å². The second kappa shape index (κ2) is 26.4. The molecular weight excluding hydrogens is 923 g/mol. The van der Waals surface area contributed by atoms with E-state index in [0.717, 1.165) is 43.5 Å². The molecule has 23 nitrogen and oxygen atoms in total. The molecule has 0 radical (unpaired) electrons. The maximum Gasteiger partial charge on any atom is 0.326 e. The minimum absolute atomic E-state index is 0.0277. The first-order chi connectivity index (χ1) is 32.4. The molecular formula is C48H83N11O12. The fraction of sp³-hybridized carbons (Fsp3) is 0.729. The molecule has 0 saturated carbocycles. The molecule has 402 valence electrons. The number of likely N-dealkylation sites (N-methyl/N-ethyl adjacent to an activating group) is 7. The topological polar surface area (TPSA) is 279 Å². The van der Waals surface area contributed by atoms with Gasteiger partial charge in [0.05, 0.1) is 5.60 Å². The van der Waals surface area contributed by atoms with Gasteiger partial charge in [0, 0.05) is 55.8 Å². The van der Waals surface area contributed by atoms with E-state index in [-0.39, 0.29) is 37.5 Å². The molecule has 14 amide bonds. The van der Waals surface area contributed by atoms with E-state index in [2.05, 4.69) is 27.8 Å². The maximum atomic E-state index is 14.4. The van der Waals surface area contributed by atoms with Gasteiger partial charge >= 0.3 is 18.1 Å². The lowest BCUT2D eigenvalue weighted by molar-refractivity contribution is -0.146. The monoisotopic (exact) mass is 1010 g/mol. The number of urea groups is 3. The summed E-state index contributed by atoms with van der Waals surface area (Å²) in [6, 6.07) is -12.4. The minimum Gasteiger partial charge on any atom is -0.390 e. The van der Waals surface area contributed by atoms with Crippen molar-refractivity contribution in [2.75, 3.05) is 49.3 Å². The minimum atomic E-state index is -1.56. The van der Waals surface area contributed by atoms with Crippen LogP contribution in [0, 0.1) is 23.7 Å². The van der Waals surface area contributed by atoms with Crippen LogP contribution in [0.5, 0.6) is 0 Å². The van der Waals surface area contributed by atoms with Gasteiger partial charge in [-0.2, -0.15) is 0 Å². The molecule has 1 aliphatic rings. The van der Waals surface area contributed by atoms with Crippen LogP contribution in [0.4, 0.5) is 14.4 Å². The third-order valence-electron chi connectivity index (χ3n) is 12.4. The Morgan fingerprint density at radius 2 is 1.07 bits per heavy atom. The van der Waals surface area contributed by atoms with Crippen LogP contribution in [0.25, 0.3) is 0 Å². The second-order valence-corrected chi connectivity index (χ2v) is 20.7. The Hall–Kier alpha value is -6.13. The lowest BCUT2D eigenvalue weighted by Crippen LogP contribution is -2.61. The predicted molar refractivity (Wildman–Crippen MR) is 264 cm³/mol. The summed E-state index contributed by atoms with van der Waals surface area (Å²) in [5.74, 6) is -8.45. The van der Waals surface area contributed by atoms with E-state index in [1.165, 1.54) is 56.0 Å². The average molecular weight is 1010 g/mol. The van der Waals surface area contributed by atoms with Crippen LogP contribution >= 0.6 is 0 Å². The average Bonchev–Trinajstić information content (AvgIpc) is 3.28. The summed E-state index contributed by atoms with van der Waals surface area (Å²) in [7, 11) is 8.64. The van der Waals surface area contributed by atoms with Crippen molar-refractivity contribution in [3.8, 4) is 0 Å². The van der Waals surface area contributed by atoms with Crippen molar-refractivity contribution in [2.24, 2.45) is 23.7 Å². The molecule has 1 saturated heterocycles. The van der Waals surface area contributed by atoms with Gasteiger partial charge in [-0.1, -0.05) is 68.9 Å². The highest BCUT2D eigenvalue weighted by Gasteiger charge is 2.42. The van der Waals surface area contributed by atoms with Gasteiger partial charge in [-0.3, -0.25) is 53.5 Å². The zero-order valence-electron chi connectivity index (χ0n) is 45.5. The number of carbonyl (C=O) groups is 11. The van der Waals surface area contributed by atoms with E-state index in [1.54, 1.807) is 48.5 Å². The van der Waals surface area contributed by atoms with E-state index >= 15 is 0 Å². The number of hydrogen-bond donors (Lipinski definition) is 5. The third kappa shape index (κ3) is 16.7. The molecule has 0 unspecified atom stereocenters. The number of nitrogens with one attached hydrogen (secondary N) is 4. The van der Waals surface area contributed by atoms with Crippen molar-refractivity contribution in [3.63, 3.8) is 0 Å². The molecule has 1 heterocycles. The molecule has 7 atom stereocenters. The van der Waals surface area contributed by atoms with Crippen molar-refractivity contribution in [1.29, 1.82) is 0 Å². The zero-order valence-corrected chi connectivity index (χ0v) is 45.5. The highest BCUT2D eigenvalue weighted by molar-refractivity contribution is 6.05. The standard InChI is InChI=1S/C48H83N11O12/c1-21-31-41(64)53(14)30(11)40(63)55(16)34(24-48(12,13)71)39(62)51-35(27(6)7)43(66)54(15)32(22-25(2)3)38(61)49-29(10)37(60)52-46(69)56(17)33(23-26(4)5)42(65)59(20)47(70)57(18)36(28(8)9)44(67)58(19)45(68)50-31/h25-29,31-36,71H,11,21-24H2,1-10,12-20H3,(H,49,61)(H,50,68)(H,51,62)(H,52,60,69)/t29-,31+,32-,33+,34+,35+,36+/m1/s1. The fourth-order valence-electron chi connectivity index (χ4n) is 7.90. The number of nitrogens with zero attached hydrogens (tertiary/aromatic N) is 7. The first-order valence-corrected chi connectivity index (χ1v) is 24.0. The van der Waals surface area contributed by atoms with Crippen LogP contribution in [0.1, 0.15) is 109 Å². The molecule has 1 aliphatic heterocycles. The SMILES string of the molecule is C=C1C(=O)N(C)[C@@H](CC(C)(C)O)C(=O)N[C@@H](C(C)C)C(=O)N(C)[C@H](CC(C)C)C(=O)N[C@H](C)C(=O)NC(=O)N(C)[C@@H](CC(C)C)C(=O)N(C)C(=O)N(C)[C@@H](C(C)C)C(=O)N(C)C(=O)N[C@@H](CC)C(=O)N1C. The second-order valence-electron chi connectivity index (χ2n) is 20.7. The number of amides is 14. The van der Waals surface area contributed by atoms with Crippen LogP contribution in [0.2, 0.25) is 0 Å². The van der Waals surface area contributed by atoms with Crippen molar-refractivity contribution >= 4 is 65.4 Å². The highest BCUT2D eigenvalue weighted by Crippen LogP contribution is 2.22. The highest BCUT2D eigenvalue weighted by atomic mass is 16.3. The Balaban J connectivity index is 4.06. The first kappa shape index (κ1) is 62.9. The van der Waals surface area contributed by atoms with Gasteiger partial charge < -0.3 is 45.6 Å². The van der Waals surface area contributed by atoms with Crippen LogP contribution in [0.3, 0.4) is 0 Å². The summed E-state index contributed by atoms with van der Waals surface area (Å²) in [4.78, 5) is 160. The van der Waals surface area contributed by atoms with Gasteiger partial charge in [-0.05, 0) is 63.7 Å². The smallest absolute Gasteiger partial charge is 0.326 e. The van der Waals surface area contributed by atoms with Gasteiger partial charge in [0.25, 0.3) is 17.7 Å². The van der Waals surface area contributed by atoms with Gasteiger partial charge in [-0.15, -0.1) is 0 Å². The Kier molecular flexibility index (Phi) is 23.3. The molecule has 71 heavy (non-hydrogen) atoms. The largest absolute Gasteiger partial charge is 0.390 e. The van der Waals surface area contributed by atoms with Crippen LogP contribution < -0.4 is 21.3 Å². The Labute approximate surface area is 419 Å². The lowest BCUT2D eigenvalue weighted by atomic mass is 9.95. The molecule has 23 heteroatoms. The van der Waals surface area contributed by atoms with Crippen molar-refractivity contribution < 1.29 is 57.8 Å². The Morgan fingerprint density at radius 1 is 0.563 bits per heavy atom. The van der Waals surface area contributed by atoms with Crippen LogP contribution in [-0.4, -0.2) is 202 Å². The number of hydrogen-bond acceptors (Lipinski definition) is 12. The van der Waals surface area contributed by atoms with E-state index in [4.69, 9.17) is 0 Å². The van der Waals surface area contributed by atoms with Crippen molar-refractivity contribution in [2.45, 2.75) is 157 Å². The molecule has 0 aromatic carbocycles. The van der Waals surface area contributed by atoms with E-state index in [1.807, 2.05) is 13.8 Å². The number of carbonyl (C=O) groups excluding carboxylic acids is 11. The lowest BCUT2D eigenvalue weighted by Gasteiger charge is -2.37. The normalized spacial score (nSPS) is 25.2. The number of rotatable bonds is 9. The molecule has 1 rings (SSSR count). The van der Waals surface area contributed by atoms with E-state index in [9.17, 15) is 57.8 Å². The zero-order chi connectivity index (χ0) is 55.5. The van der Waals surface area contributed by atoms with Gasteiger partial charge in [0.1, 0.15) is 48.0 Å². The Morgan fingerprint density at radius 3 is 1.54 bits per heavy atom. The third-order valence-corrected chi connectivity index (χ3v) is 12.4. The summed E-state index contributed by atoms with van der Waals surface area (Å²) in [6.45, 7) is 23.2. The number of aliphatic hydroxyl groups is 1. The van der Waals surface area contributed by atoms with Crippen LogP contribution in [0.15, 0.2) is 12.3 Å². The summed E-state index contributed by atoms with van der Waals surface area (Å²) in [5.41, 5.74) is -2.00. The molecule has 0 aliphatic carbocycles. The Bertz CT molecular complexity index is 2020. The summed E-state index contributed by atoms with van der Waals surface area (Å²) >= 11 is 0. The molecule has 5 N–H and O–H groups in total. The van der Waals surface area contributed by atoms with Gasteiger partial charge in [-0.25, -0.2) is 14.4 Å². The molecule has 1 fully saturated rings. The van der Waals surface area contributed by atoms with Gasteiger partial charge in [0.2, 0.25) is 29.5 Å².